The predicted octanol–water partition coefficient (Wildman–Crippen LogP) is 1.06. The molecule has 3 N–H and O–H groups in total. The number of anilines is 1. The summed E-state index contributed by atoms with van der Waals surface area (Å²) in [7, 11) is 0. The summed E-state index contributed by atoms with van der Waals surface area (Å²) in [4.78, 5) is 39.4. The van der Waals surface area contributed by atoms with Crippen molar-refractivity contribution < 1.29 is 14.4 Å². The van der Waals surface area contributed by atoms with E-state index in [-0.39, 0.29) is 17.7 Å². The third-order valence-corrected chi connectivity index (χ3v) is 4.02. The minimum absolute atomic E-state index is 0.109. The van der Waals surface area contributed by atoms with Crippen LogP contribution >= 0.6 is 12.2 Å². The molecule has 0 bridgehead atoms. The summed E-state index contributed by atoms with van der Waals surface area (Å²) in [5, 5.41) is 3.15. The molecule has 0 unspecified atom stereocenters. The Morgan fingerprint density at radius 2 is 1.81 bits per heavy atom. The zero-order valence-electron chi connectivity index (χ0n) is 15.2. The van der Waals surface area contributed by atoms with Crippen molar-refractivity contribution in [2.75, 3.05) is 11.4 Å². The lowest BCUT2D eigenvalue weighted by Gasteiger charge is -2.19. The molecule has 1 aliphatic rings. The highest BCUT2D eigenvalue weighted by atomic mass is 32.1. The first-order valence-corrected chi connectivity index (χ1v) is 8.68. The van der Waals surface area contributed by atoms with E-state index in [2.05, 4.69) is 16.2 Å². The van der Waals surface area contributed by atoms with Gasteiger partial charge < -0.3 is 5.32 Å². The number of aryl methyl sites for hydroxylation is 1. The van der Waals surface area contributed by atoms with Crippen LogP contribution < -0.4 is 21.1 Å². The Morgan fingerprint density at radius 1 is 1.19 bits per heavy atom. The highest BCUT2D eigenvalue weighted by Gasteiger charge is 2.44. The molecule has 1 atom stereocenters. The van der Waals surface area contributed by atoms with Crippen molar-refractivity contribution >= 4 is 40.9 Å². The third-order valence-electron chi connectivity index (χ3n) is 3.80. The molecule has 26 heavy (non-hydrogen) atoms. The molecular formula is C17H23N5O3S. The normalized spacial score (nSPS) is 16.9. The molecule has 4 amide bonds. The average Bonchev–Trinajstić information content (AvgIpc) is 2.77. The molecule has 0 aliphatic carbocycles. The maximum absolute atomic E-state index is 12.6. The summed E-state index contributed by atoms with van der Waals surface area (Å²) in [6.07, 6.45) is 0. The molecule has 1 heterocycles. The van der Waals surface area contributed by atoms with Crippen LogP contribution in [0.4, 0.5) is 10.5 Å². The second-order valence-electron chi connectivity index (χ2n) is 6.39. The van der Waals surface area contributed by atoms with Crippen LogP contribution in [-0.2, 0) is 9.59 Å². The number of benzene rings is 1. The molecule has 1 saturated heterocycles. The number of urea groups is 1. The van der Waals surface area contributed by atoms with E-state index in [1.54, 1.807) is 19.1 Å². The number of imide groups is 1. The number of carbonyl (C=O) groups excluding carboxylic acids is 3. The maximum atomic E-state index is 12.6. The average molecular weight is 377 g/mol. The minimum atomic E-state index is -0.672. The second kappa shape index (κ2) is 8.13. The molecule has 1 fully saturated rings. The largest absolute Gasteiger partial charge is 0.359 e. The molecule has 1 aromatic rings. The fraction of sp³-hybridized carbons (Fsp3) is 0.412. The van der Waals surface area contributed by atoms with Gasteiger partial charge in [-0.2, -0.15) is 0 Å². The monoisotopic (exact) mass is 377 g/mol. The van der Waals surface area contributed by atoms with E-state index in [0.717, 1.165) is 10.5 Å². The first-order valence-electron chi connectivity index (χ1n) is 8.27. The number of rotatable bonds is 4. The van der Waals surface area contributed by atoms with Gasteiger partial charge in [0.2, 0.25) is 0 Å². The molecule has 0 radical (unpaired) electrons. The number of hydrazine groups is 1. The number of thiocarbonyl (C=S) groups is 1. The third kappa shape index (κ3) is 4.48. The van der Waals surface area contributed by atoms with Crippen molar-refractivity contribution in [3.8, 4) is 0 Å². The van der Waals surface area contributed by atoms with Gasteiger partial charge in [-0.25, -0.2) is 4.79 Å². The van der Waals surface area contributed by atoms with Crippen molar-refractivity contribution in [3.05, 3.63) is 29.8 Å². The van der Waals surface area contributed by atoms with Crippen molar-refractivity contribution in [2.24, 2.45) is 0 Å². The van der Waals surface area contributed by atoms with Crippen LogP contribution in [0.5, 0.6) is 0 Å². The highest BCUT2D eigenvalue weighted by Crippen LogP contribution is 2.25. The highest BCUT2D eigenvalue weighted by molar-refractivity contribution is 7.80. The van der Waals surface area contributed by atoms with Gasteiger partial charge in [-0.15, -0.1) is 0 Å². The summed E-state index contributed by atoms with van der Waals surface area (Å²) in [6, 6.07) is 6.19. The predicted molar refractivity (Wildman–Crippen MR) is 102 cm³/mol. The van der Waals surface area contributed by atoms with Crippen molar-refractivity contribution in [2.45, 2.75) is 39.8 Å². The molecule has 1 aromatic carbocycles. The van der Waals surface area contributed by atoms with Gasteiger partial charge in [0.15, 0.2) is 5.11 Å². The van der Waals surface area contributed by atoms with Gasteiger partial charge in [0.25, 0.3) is 11.8 Å². The molecule has 2 rings (SSSR count). The van der Waals surface area contributed by atoms with Crippen LogP contribution in [0.3, 0.4) is 0 Å². The van der Waals surface area contributed by atoms with Crippen LogP contribution in [0, 0.1) is 6.92 Å². The Bertz CT molecular complexity index is 720. The van der Waals surface area contributed by atoms with Crippen LogP contribution in [0.2, 0.25) is 0 Å². The van der Waals surface area contributed by atoms with E-state index in [4.69, 9.17) is 12.2 Å². The molecule has 140 valence electrons. The SMILES string of the molecule is Cc1ccc(N2C(=O)N(CC(=O)NNC(=S)NC(C)C)C(=O)[C@@H]2C)cc1. The van der Waals surface area contributed by atoms with Gasteiger partial charge in [-0.3, -0.25) is 30.2 Å². The number of nitrogens with zero attached hydrogens (tertiary/aromatic N) is 2. The van der Waals surface area contributed by atoms with Gasteiger partial charge in [0, 0.05) is 11.7 Å². The van der Waals surface area contributed by atoms with Crippen molar-refractivity contribution in [3.63, 3.8) is 0 Å². The van der Waals surface area contributed by atoms with Crippen LogP contribution in [0.15, 0.2) is 24.3 Å². The number of carbonyl (C=O) groups is 3. The zero-order chi connectivity index (χ0) is 19.4. The summed E-state index contributed by atoms with van der Waals surface area (Å²) in [5.41, 5.74) is 6.58. The standard InChI is InChI=1S/C17H23N5O3S/c1-10(2)18-16(26)20-19-14(23)9-21-15(24)12(4)22(17(21)25)13-7-5-11(3)6-8-13/h5-8,10,12H,9H2,1-4H3,(H,19,23)(H2,18,20,26)/t12-/m0/s1. The summed E-state index contributed by atoms with van der Waals surface area (Å²) >= 11 is 5.00. The van der Waals surface area contributed by atoms with Gasteiger partial charge in [0.05, 0.1) is 0 Å². The van der Waals surface area contributed by atoms with Gasteiger partial charge in [-0.05, 0) is 52.0 Å². The summed E-state index contributed by atoms with van der Waals surface area (Å²) < 4.78 is 0. The van der Waals surface area contributed by atoms with E-state index in [9.17, 15) is 14.4 Å². The van der Waals surface area contributed by atoms with E-state index in [0.29, 0.717) is 5.69 Å². The Morgan fingerprint density at radius 3 is 2.38 bits per heavy atom. The zero-order valence-corrected chi connectivity index (χ0v) is 16.0. The summed E-state index contributed by atoms with van der Waals surface area (Å²) in [5.74, 6) is -0.967. The fourth-order valence-electron chi connectivity index (χ4n) is 2.52. The maximum Gasteiger partial charge on any atom is 0.332 e. The van der Waals surface area contributed by atoms with Crippen LogP contribution in [0.25, 0.3) is 0 Å². The lowest BCUT2D eigenvalue weighted by atomic mass is 10.2. The fourth-order valence-corrected chi connectivity index (χ4v) is 2.81. The number of amides is 4. The number of nitrogens with one attached hydrogen (secondary N) is 3. The van der Waals surface area contributed by atoms with Gasteiger partial charge in [0.1, 0.15) is 12.6 Å². The molecule has 1 aliphatic heterocycles. The van der Waals surface area contributed by atoms with E-state index in [1.807, 2.05) is 32.9 Å². The van der Waals surface area contributed by atoms with Crippen molar-refractivity contribution in [1.82, 2.24) is 21.1 Å². The quantitative estimate of drug-likeness (QED) is 0.413. The van der Waals surface area contributed by atoms with E-state index < -0.39 is 23.9 Å². The van der Waals surface area contributed by atoms with Crippen molar-refractivity contribution in [1.29, 1.82) is 0 Å². The minimum Gasteiger partial charge on any atom is -0.359 e. The lowest BCUT2D eigenvalue weighted by molar-refractivity contribution is -0.132. The molecule has 0 spiro atoms. The first kappa shape index (κ1) is 19.6. The molecule has 8 nitrogen and oxygen atoms in total. The Labute approximate surface area is 157 Å². The van der Waals surface area contributed by atoms with Crippen LogP contribution in [-0.4, -0.2) is 46.5 Å². The van der Waals surface area contributed by atoms with Gasteiger partial charge in [-0.1, -0.05) is 17.7 Å². The smallest absolute Gasteiger partial charge is 0.332 e. The Balaban J connectivity index is 2.00. The molecular weight excluding hydrogens is 354 g/mol. The van der Waals surface area contributed by atoms with Gasteiger partial charge >= 0.3 is 6.03 Å². The lowest BCUT2D eigenvalue weighted by Crippen LogP contribution is -2.51. The summed E-state index contributed by atoms with van der Waals surface area (Å²) in [6.45, 7) is 6.99. The van der Waals surface area contributed by atoms with Crippen LogP contribution in [0.1, 0.15) is 26.3 Å². The second-order valence-corrected chi connectivity index (χ2v) is 6.80. The van der Waals surface area contributed by atoms with E-state index in [1.165, 1.54) is 4.90 Å². The topological polar surface area (TPSA) is 93.8 Å². The Hall–Kier alpha value is -2.68. The number of hydrogen-bond acceptors (Lipinski definition) is 4. The number of hydrogen-bond donors (Lipinski definition) is 3. The molecule has 0 saturated carbocycles. The Kier molecular flexibility index (Phi) is 6.14. The van der Waals surface area contributed by atoms with E-state index >= 15 is 0 Å². The molecule has 9 heteroatoms. The molecule has 0 aromatic heterocycles. The first-order chi connectivity index (χ1) is 12.2.